The van der Waals surface area contributed by atoms with E-state index in [-0.39, 0.29) is 5.02 Å². The van der Waals surface area contributed by atoms with Gasteiger partial charge in [-0.2, -0.15) is 5.10 Å². The van der Waals surface area contributed by atoms with E-state index in [4.69, 9.17) is 23.8 Å². The highest BCUT2D eigenvalue weighted by molar-refractivity contribution is 7.71. The van der Waals surface area contributed by atoms with Crippen molar-refractivity contribution in [3.63, 3.8) is 0 Å². The summed E-state index contributed by atoms with van der Waals surface area (Å²) >= 11 is 11.3. The van der Waals surface area contributed by atoms with Crippen molar-refractivity contribution in [3.8, 4) is 5.69 Å². The van der Waals surface area contributed by atoms with E-state index in [1.165, 1.54) is 17.2 Å². The van der Waals surface area contributed by atoms with E-state index in [9.17, 15) is 4.39 Å². The summed E-state index contributed by atoms with van der Waals surface area (Å²) in [6, 6.07) is 13.2. The monoisotopic (exact) mass is 359 g/mol. The summed E-state index contributed by atoms with van der Waals surface area (Å²) in [4.78, 5) is 0. The number of nitrogens with one attached hydrogen (secondary N) is 1. The molecule has 3 aromatic rings. The van der Waals surface area contributed by atoms with Crippen molar-refractivity contribution in [3.05, 3.63) is 75.0 Å². The van der Waals surface area contributed by atoms with Crippen LogP contribution < -0.4 is 0 Å². The van der Waals surface area contributed by atoms with Gasteiger partial charge in [0, 0.05) is 5.92 Å². The predicted molar refractivity (Wildman–Crippen MR) is 95.0 cm³/mol. The SMILES string of the molecule is Cc1ccc([C@H]2C[C@@H]2c2n[nH]c(=S)n2-c2ccc(F)c(Cl)c2)cc1. The van der Waals surface area contributed by atoms with Gasteiger partial charge in [0.1, 0.15) is 11.6 Å². The number of benzene rings is 2. The average molecular weight is 360 g/mol. The van der Waals surface area contributed by atoms with Crippen LogP contribution in [0.4, 0.5) is 4.39 Å². The zero-order valence-corrected chi connectivity index (χ0v) is 14.5. The number of rotatable bonds is 3. The minimum Gasteiger partial charge on any atom is -0.272 e. The van der Waals surface area contributed by atoms with Crippen LogP contribution in [0, 0.1) is 17.5 Å². The fourth-order valence-electron chi connectivity index (χ4n) is 3.09. The molecule has 0 saturated heterocycles. The summed E-state index contributed by atoms with van der Waals surface area (Å²) in [6.07, 6.45) is 1.03. The molecule has 3 nitrogen and oxygen atoms in total. The molecule has 2 atom stereocenters. The van der Waals surface area contributed by atoms with Crippen molar-refractivity contribution in [2.45, 2.75) is 25.2 Å². The number of aromatic nitrogens is 3. The Morgan fingerprint density at radius 2 is 1.96 bits per heavy atom. The van der Waals surface area contributed by atoms with Crippen molar-refractivity contribution in [1.29, 1.82) is 0 Å². The minimum atomic E-state index is -0.444. The van der Waals surface area contributed by atoms with Crippen LogP contribution in [-0.4, -0.2) is 14.8 Å². The molecule has 1 N–H and O–H groups in total. The number of hydrogen-bond acceptors (Lipinski definition) is 2. The normalized spacial score (nSPS) is 19.5. The topological polar surface area (TPSA) is 33.6 Å². The van der Waals surface area contributed by atoms with Crippen LogP contribution in [0.25, 0.3) is 5.69 Å². The van der Waals surface area contributed by atoms with Crippen LogP contribution in [0.2, 0.25) is 5.02 Å². The van der Waals surface area contributed by atoms with Gasteiger partial charge in [-0.05, 0) is 55.2 Å². The average Bonchev–Trinajstić information content (AvgIpc) is 3.26. The van der Waals surface area contributed by atoms with Gasteiger partial charge in [0.2, 0.25) is 0 Å². The molecule has 1 aliphatic rings. The summed E-state index contributed by atoms with van der Waals surface area (Å²) in [6.45, 7) is 2.08. The van der Waals surface area contributed by atoms with Gasteiger partial charge in [0.15, 0.2) is 4.77 Å². The molecule has 4 rings (SSSR count). The lowest BCUT2D eigenvalue weighted by atomic mass is 10.1. The molecular formula is C18H15ClFN3S. The minimum absolute atomic E-state index is 0.0763. The van der Waals surface area contributed by atoms with Gasteiger partial charge < -0.3 is 0 Å². The summed E-state index contributed by atoms with van der Waals surface area (Å²) < 4.78 is 15.8. The van der Waals surface area contributed by atoms with Crippen molar-refractivity contribution in [1.82, 2.24) is 14.8 Å². The van der Waals surface area contributed by atoms with Crippen LogP contribution in [0.3, 0.4) is 0 Å². The number of nitrogens with zero attached hydrogens (tertiary/aromatic N) is 2. The smallest absolute Gasteiger partial charge is 0.199 e. The molecule has 24 heavy (non-hydrogen) atoms. The lowest BCUT2D eigenvalue weighted by Gasteiger charge is -2.08. The second-order valence-electron chi connectivity index (χ2n) is 6.18. The first-order chi connectivity index (χ1) is 11.5. The first-order valence-corrected chi connectivity index (χ1v) is 8.52. The molecule has 1 saturated carbocycles. The molecule has 0 spiro atoms. The summed E-state index contributed by atoms with van der Waals surface area (Å²) in [5, 5.41) is 7.34. The second-order valence-corrected chi connectivity index (χ2v) is 6.97. The third kappa shape index (κ3) is 2.68. The molecule has 0 aliphatic heterocycles. The molecule has 2 aromatic carbocycles. The lowest BCUT2D eigenvalue weighted by Crippen LogP contribution is -2.01. The predicted octanol–water partition coefficient (Wildman–Crippen LogP) is 5.30. The fourth-order valence-corrected chi connectivity index (χ4v) is 3.51. The van der Waals surface area contributed by atoms with Crippen molar-refractivity contribution in [2.75, 3.05) is 0 Å². The summed E-state index contributed by atoms with van der Waals surface area (Å²) in [5.74, 6) is 1.16. The Kier molecular flexibility index (Phi) is 3.77. The molecule has 6 heteroatoms. The Morgan fingerprint density at radius 3 is 2.67 bits per heavy atom. The van der Waals surface area contributed by atoms with Gasteiger partial charge in [-0.3, -0.25) is 9.67 Å². The highest BCUT2D eigenvalue weighted by atomic mass is 35.5. The van der Waals surface area contributed by atoms with Gasteiger partial charge in [-0.15, -0.1) is 0 Å². The Labute approximate surface area is 149 Å². The Hall–Kier alpha value is -1.98. The number of hydrogen-bond donors (Lipinski definition) is 1. The Balaban J connectivity index is 1.70. The molecule has 122 valence electrons. The number of H-pyrrole nitrogens is 1. The van der Waals surface area contributed by atoms with Crippen LogP contribution in [0.1, 0.15) is 35.2 Å². The molecule has 1 aliphatic carbocycles. The second kappa shape index (κ2) is 5.83. The molecule has 1 fully saturated rings. The summed E-state index contributed by atoms with van der Waals surface area (Å²) in [5.41, 5.74) is 3.28. The van der Waals surface area contributed by atoms with Crippen molar-refractivity contribution < 1.29 is 4.39 Å². The van der Waals surface area contributed by atoms with Crippen molar-refractivity contribution >= 4 is 23.8 Å². The molecule has 0 bridgehead atoms. The van der Waals surface area contributed by atoms with E-state index in [1.54, 1.807) is 12.1 Å². The third-order valence-electron chi connectivity index (χ3n) is 4.49. The molecule has 1 heterocycles. The van der Waals surface area contributed by atoms with E-state index in [0.717, 1.165) is 17.9 Å². The number of aryl methyl sites for hydroxylation is 1. The van der Waals surface area contributed by atoms with Crippen LogP contribution in [-0.2, 0) is 0 Å². The lowest BCUT2D eigenvalue weighted by molar-refractivity contribution is 0.627. The van der Waals surface area contributed by atoms with E-state index >= 15 is 0 Å². The maximum Gasteiger partial charge on any atom is 0.199 e. The van der Waals surface area contributed by atoms with E-state index in [2.05, 4.69) is 41.4 Å². The van der Waals surface area contributed by atoms with Crippen LogP contribution in [0.15, 0.2) is 42.5 Å². The molecular weight excluding hydrogens is 345 g/mol. The van der Waals surface area contributed by atoms with Gasteiger partial charge in [0.05, 0.1) is 10.7 Å². The first-order valence-electron chi connectivity index (χ1n) is 7.74. The van der Waals surface area contributed by atoms with Crippen LogP contribution in [0.5, 0.6) is 0 Å². The summed E-state index contributed by atoms with van der Waals surface area (Å²) in [7, 11) is 0. The van der Waals surface area contributed by atoms with Gasteiger partial charge in [-0.1, -0.05) is 41.4 Å². The van der Waals surface area contributed by atoms with E-state index < -0.39 is 5.82 Å². The zero-order valence-electron chi connectivity index (χ0n) is 13.0. The van der Waals surface area contributed by atoms with Gasteiger partial charge >= 0.3 is 0 Å². The first kappa shape index (κ1) is 15.5. The third-order valence-corrected chi connectivity index (χ3v) is 5.05. The van der Waals surface area contributed by atoms with Crippen LogP contribution >= 0.6 is 23.8 Å². The standard InChI is InChI=1S/C18H15ClFN3S/c1-10-2-4-11(5-3-10)13-9-14(13)17-21-22-18(24)23(17)12-6-7-16(20)15(19)8-12/h2-8,13-14H,9H2,1H3,(H,22,24)/t13-,14+/m1/s1. The zero-order chi connectivity index (χ0) is 16.8. The Bertz CT molecular complexity index is 961. The maximum atomic E-state index is 13.4. The highest BCUT2D eigenvalue weighted by Crippen LogP contribution is 2.54. The van der Waals surface area contributed by atoms with Gasteiger partial charge in [0.25, 0.3) is 0 Å². The largest absolute Gasteiger partial charge is 0.272 e. The highest BCUT2D eigenvalue weighted by Gasteiger charge is 2.43. The quantitative estimate of drug-likeness (QED) is 0.643. The van der Waals surface area contributed by atoms with Crippen molar-refractivity contribution in [2.24, 2.45) is 0 Å². The molecule has 0 amide bonds. The van der Waals surface area contributed by atoms with Gasteiger partial charge in [-0.25, -0.2) is 4.39 Å². The molecule has 0 radical (unpaired) electrons. The Morgan fingerprint density at radius 1 is 1.21 bits per heavy atom. The fraction of sp³-hybridized carbons (Fsp3) is 0.222. The van der Waals surface area contributed by atoms with E-state index in [0.29, 0.717) is 16.6 Å². The number of halogens is 2. The molecule has 0 unspecified atom stereocenters. The maximum absolute atomic E-state index is 13.4. The van der Waals surface area contributed by atoms with E-state index in [1.807, 2.05) is 4.57 Å². The number of aromatic amines is 1. The molecule has 1 aromatic heterocycles.